The van der Waals surface area contributed by atoms with Crippen LogP contribution in [0.4, 0.5) is 4.39 Å². The Morgan fingerprint density at radius 1 is 1.56 bits per heavy atom. The van der Waals surface area contributed by atoms with Crippen molar-refractivity contribution in [2.24, 2.45) is 7.05 Å². The molecule has 0 unspecified atom stereocenters. The Balaban J connectivity index is 2.03. The molecule has 0 atom stereocenters. The van der Waals surface area contributed by atoms with Gasteiger partial charge in [-0.05, 0) is 40.8 Å². The summed E-state index contributed by atoms with van der Waals surface area (Å²) in [7, 11) is 1.75. The molecule has 1 amide bonds. The second-order valence-corrected chi connectivity index (χ2v) is 4.80. The highest BCUT2D eigenvalue weighted by Crippen LogP contribution is 2.13. The summed E-state index contributed by atoms with van der Waals surface area (Å²) < 4.78 is 15.0. The predicted molar refractivity (Wildman–Crippen MR) is 71.3 cm³/mol. The molecule has 1 heterocycles. The number of carbonyl (C=O) groups excluding carboxylic acids is 1. The molecule has 0 aliphatic heterocycles. The SMILES string of the molecule is Cn1cnc(CNC(=O)c2ccc(F)cc2I)n1. The molecule has 1 aromatic carbocycles. The van der Waals surface area contributed by atoms with Crippen molar-refractivity contribution in [1.82, 2.24) is 20.1 Å². The summed E-state index contributed by atoms with van der Waals surface area (Å²) in [5, 5.41) is 6.73. The lowest BCUT2D eigenvalue weighted by Gasteiger charge is -2.05. The molecule has 0 saturated heterocycles. The molecule has 0 saturated carbocycles. The smallest absolute Gasteiger partial charge is 0.252 e. The lowest BCUT2D eigenvalue weighted by molar-refractivity contribution is 0.0949. The fraction of sp³-hybridized carbons (Fsp3) is 0.182. The molecule has 7 heteroatoms. The number of nitrogens with zero attached hydrogens (tertiary/aromatic N) is 3. The molecule has 0 spiro atoms. The zero-order valence-electron chi connectivity index (χ0n) is 9.52. The standard InChI is InChI=1S/C11H10FIN4O/c1-17-6-15-10(16-17)5-14-11(18)8-3-2-7(12)4-9(8)13/h2-4,6H,5H2,1H3,(H,14,18). The lowest BCUT2D eigenvalue weighted by Crippen LogP contribution is -2.24. The zero-order chi connectivity index (χ0) is 13.1. The van der Waals surface area contributed by atoms with E-state index in [0.717, 1.165) is 0 Å². The molecule has 0 bridgehead atoms. The number of benzene rings is 1. The largest absolute Gasteiger partial charge is 0.345 e. The quantitative estimate of drug-likeness (QED) is 0.844. The average Bonchev–Trinajstić information content (AvgIpc) is 2.72. The summed E-state index contributed by atoms with van der Waals surface area (Å²) in [6.45, 7) is 0.243. The maximum atomic E-state index is 12.9. The maximum Gasteiger partial charge on any atom is 0.252 e. The maximum absolute atomic E-state index is 12.9. The number of aromatic nitrogens is 3. The zero-order valence-corrected chi connectivity index (χ0v) is 11.7. The highest BCUT2D eigenvalue weighted by atomic mass is 127. The first-order valence-corrected chi connectivity index (χ1v) is 6.22. The van der Waals surface area contributed by atoms with E-state index in [1.807, 2.05) is 22.6 Å². The van der Waals surface area contributed by atoms with Gasteiger partial charge < -0.3 is 5.32 Å². The molecule has 0 aliphatic rings. The van der Waals surface area contributed by atoms with Gasteiger partial charge in [0, 0.05) is 10.6 Å². The van der Waals surface area contributed by atoms with Crippen molar-refractivity contribution >= 4 is 28.5 Å². The van der Waals surface area contributed by atoms with Gasteiger partial charge in [0.2, 0.25) is 0 Å². The van der Waals surface area contributed by atoms with E-state index in [-0.39, 0.29) is 18.3 Å². The molecule has 5 nitrogen and oxygen atoms in total. The van der Waals surface area contributed by atoms with Crippen LogP contribution >= 0.6 is 22.6 Å². The summed E-state index contributed by atoms with van der Waals surface area (Å²) in [5.74, 6) is -0.0998. The summed E-state index contributed by atoms with van der Waals surface area (Å²) in [5.41, 5.74) is 0.438. The number of hydrogen-bond acceptors (Lipinski definition) is 3. The number of carbonyl (C=O) groups is 1. The lowest BCUT2D eigenvalue weighted by atomic mass is 10.2. The number of amides is 1. The van der Waals surface area contributed by atoms with Gasteiger partial charge in [-0.1, -0.05) is 0 Å². The first-order valence-electron chi connectivity index (χ1n) is 5.14. The highest BCUT2D eigenvalue weighted by molar-refractivity contribution is 14.1. The van der Waals surface area contributed by atoms with E-state index in [0.29, 0.717) is 15.0 Å². The third-order valence-electron chi connectivity index (χ3n) is 2.23. The average molecular weight is 360 g/mol. The minimum Gasteiger partial charge on any atom is -0.345 e. The number of halogens is 2. The van der Waals surface area contributed by atoms with Gasteiger partial charge in [0.15, 0.2) is 5.82 Å². The Kier molecular flexibility index (Phi) is 3.90. The second kappa shape index (κ2) is 5.42. The molecular formula is C11H10FIN4O. The van der Waals surface area contributed by atoms with E-state index in [2.05, 4.69) is 15.4 Å². The number of rotatable bonds is 3. The Morgan fingerprint density at radius 3 is 2.94 bits per heavy atom. The summed E-state index contributed by atoms with van der Waals surface area (Å²) in [6, 6.07) is 4.03. The van der Waals surface area contributed by atoms with Gasteiger partial charge in [-0.25, -0.2) is 9.37 Å². The van der Waals surface area contributed by atoms with Crippen molar-refractivity contribution < 1.29 is 9.18 Å². The molecular weight excluding hydrogens is 350 g/mol. The van der Waals surface area contributed by atoms with Crippen LogP contribution in [0.25, 0.3) is 0 Å². The molecule has 1 aromatic heterocycles. The van der Waals surface area contributed by atoms with E-state index < -0.39 is 0 Å². The van der Waals surface area contributed by atoms with Gasteiger partial charge in [-0.2, -0.15) is 5.10 Å². The van der Waals surface area contributed by atoms with E-state index in [9.17, 15) is 9.18 Å². The number of aryl methyl sites for hydroxylation is 1. The highest BCUT2D eigenvalue weighted by Gasteiger charge is 2.11. The van der Waals surface area contributed by atoms with Crippen LogP contribution in [0.1, 0.15) is 16.2 Å². The van der Waals surface area contributed by atoms with Crippen LogP contribution in [0.5, 0.6) is 0 Å². The van der Waals surface area contributed by atoms with Gasteiger partial charge in [0.1, 0.15) is 12.1 Å². The molecule has 0 aliphatic carbocycles. The van der Waals surface area contributed by atoms with Gasteiger partial charge in [-0.3, -0.25) is 9.48 Å². The van der Waals surface area contributed by atoms with E-state index >= 15 is 0 Å². The topological polar surface area (TPSA) is 59.8 Å². The van der Waals surface area contributed by atoms with Gasteiger partial charge >= 0.3 is 0 Å². The van der Waals surface area contributed by atoms with Crippen molar-refractivity contribution in [3.63, 3.8) is 0 Å². The normalized spacial score (nSPS) is 10.4. The number of nitrogens with one attached hydrogen (secondary N) is 1. The predicted octanol–water partition coefficient (Wildman–Crippen LogP) is 1.49. The van der Waals surface area contributed by atoms with Crippen molar-refractivity contribution in [2.45, 2.75) is 6.54 Å². The first-order chi connectivity index (χ1) is 8.56. The van der Waals surface area contributed by atoms with Crippen molar-refractivity contribution in [2.75, 3.05) is 0 Å². The summed E-state index contributed by atoms with van der Waals surface area (Å²) in [4.78, 5) is 15.8. The third kappa shape index (κ3) is 3.03. The third-order valence-corrected chi connectivity index (χ3v) is 3.12. The van der Waals surface area contributed by atoms with E-state index in [4.69, 9.17) is 0 Å². The summed E-state index contributed by atoms with van der Waals surface area (Å²) >= 11 is 1.92. The molecule has 94 valence electrons. The van der Waals surface area contributed by atoms with Gasteiger partial charge in [0.25, 0.3) is 5.91 Å². The Labute approximate surface area is 117 Å². The van der Waals surface area contributed by atoms with E-state index in [1.165, 1.54) is 18.2 Å². The van der Waals surface area contributed by atoms with Crippen molar-refractivity contribution in [3.8, 4) is 0 Å². The van der Waals surface area contributed by atoms with Gasteiger partial charge in [0.05, 0.1) is 12.1 Å². The van der Waals surface area contributed by atoms with E-state index in [1.54, 1.807) is 18.1 Å². The molecule has 2 aromatic rings. The van der Waals surface area contributed by atoms with Crippen LogP contribution in [0.3, 0.4) is 0 Å². The second-order valence-electron chi connectivity index (χ2n) is 3.64. The first kappa shape index (κ1) is 12.9. The van der Waals surface area contributed by atoms with Crippen LogP contribution in [0, 0.1) is 9.39 Å². The van der Waals surface area contributed by atoms with Crippen LogP contribution in [-0.2, 0) is 13.6 Å². The van der Waals surface area contributed by atoms with Crippen molar-refractivity contribution in [1.29, 1.82) is 0 Å². The van der Waals surface area contributed by atoms with Crippen LogP contribution in [-0.4, -0.2) is 20.7 Å². The summed E-state index contributed by atoms with van der Waals surface area (Å²) in [6.07, 6.45) is 1.56. The monoisotopic (exact) mass is 360 g/mol. The molecule has 18 heavy (non-hydrogen) atoms. The Bertz CT molecular complexity index is 584. The Morgan fingerprint density at radius 2 is 2.33 bits per heavy atom. The Hall–Kier alpha value is -1.51. The van der Waals surface area contributed by atoms with Gasteiger partial charge in [-0.15, -0.1) is 0 Å². The fourth-order valence-electron chi connectivity index (χ4n) is 1.39. The number of hydrogen-bond donors (Lipinski definition) is 1. The fourth-order valence-corrected chi connectivity index (χ4v) is 2.12. The molecule has 1 N–H and O–H groups in total. The molecule has 0 radical (unpaired) electrons. The van der Waals surface area contributed by atoms with Crippen LogP contribution in [0.15, 0.2) is 24.5 Å². The van der Waals surface area contributed by atoms with Crippen LogP contribution < -0.4 is 5.32 Å². The minimum absolute atomic E-state index is 0.243. The minimum atomic E-state index is -0.359. The molecule has 2 rings (SSSR count). The van der Waals surface area contributed by atoms with Crippen LogP contribution in [0.2, 0.25) is 0 Å². The molecule has 0 fully saturated rings. The van der Waals surface area contributed by atoms with Crippen molar-refractivity contribution in [3.05, 3.63) is 45.3 Å².